The zero-order valence-corrected chi connectivity index (χ0v) is 11.4. The molecular weight excluding hydrogens is 226 g/mol. The minimum absolute atomic E-state index is 0.575. The second-order valence-corrected chi connectivity index (χ2v) is 4.88. The van der Waals surface area contributed by atoms with Gasteiger partial charge < -0.3 is 14.8 Å². The third-order valence-electron chi connectivity index (χ3n) is 3.61. The molecule has 2 rings (SSSR count). The first kappa shape index (κ1) is 13.4. The van der Waals surface area contributed by atoms with Gasteiger partial charge in [0.15, 0.2) is 0 Å². The fourth-order valence-corrected chi connectivity index (χ4v) is 2.67. The topological polar surface area (TPSA) is 30.5 Å². The molecule has 1 N–H and O–H groups in total. The monoisotopic (exact) mass is 249 g/mol. The first-order chi connectivity index (χ1) is 8.85. The quantitative estimate of drug-likeness (QED) is 0.870. The molecule has 0 radical (unpaired) electrons. The summed E-state index contributed by atoms with van der Waals surface area (Å²) in [5, 5.41) is 3.59. The maximum atomic E-state index is 5.49. The van der Waals surface area contributed by atoms with Crippen LogP contribution in [0.25, 0.3) is 0 Å². The Bertz CT molecular complexity index is 373. The molecule has 1 aromatic rings. The molecule has 3 nitrogen and oxygen atoms in total. The molecule has 1 fully saturated rings. The predicted octanol–water partition coefficient (Wildman–Crippen LogP) is 2.53. The lowest BCUT2D eigenvalue weighted by Gasteiger charge is -2.25. The van der Waals surface area contributed by atoms with Gasteiger partial charge in [-0.05, 0) is 37.4 Å². The number of methoxy groups -OCH3 is 2. The Morgan fingerprint density at radius 1 is 1.28 bits per heavy atom. The summed E-state index contributed by atoms with van der Waals surface area (Å²) in [5.41, 5.74) is 2.53. The van der Waals surface area contributed by atoms with Crippen LogP contribution in [-0.2, 0) is 17.8 Å². The third-order valence-corrected chi connectivity index (χ3v) is 3.61. The highest BCUT2D eigenvalue weighted by atomic mass is 16.5. The molecular formula is C15H23NO2. The highest BCUT2D eigenvalue weighted by Gasteiger charge is 2.17. The molecule has 0 aromatic heterocycles. The van der Waals surface area contributed by atoms with Crippen LogP contribution in [-0.4, -0.2) is 26.8 Å². The van der Waals surface area contributed by atoms with Gasteiger partial charge in [0, 0.05) is 18.7 Å². The van der Waals surface area contributed by atoms with E-state index < -0.39 is 0 Å². The van der Waals surface area contributed by atoms with Crippen molar-refractivity contribution in [2.24, 2.45) is 0 Å². The number of hydrogen-bond donors (Lipinski definition) is 1. The summed E-state index contributed by atoms with van der Waals surface area (Å²) in [7, 11) is 3.48. The second-order valence-electron chi connectivity index (χ2n) is 4.88. The molecule has 0 aliphatic carbocycles. The molecule has 1 aliphatic heterocycles. The number of nitrogens with one attached hydrogen (secondary N) is 1. The van der Waals surface area contributed by atoms with Gasteiger partial charge in [0.2, 0.25) is 0 Å². The summed E-state index contributed by atoms with van der Waals surface area (Å²) in [6.45, 7) is 1.79. The standard InChI is InChI=1S/C15H23NO2/c1-17-11-12-6-5-8-15(18-2)14(12)10-13-7-3-4-9-16-13/h5-6,8,13,16H,3-4,7,9-11H2,1-2H3. The molecule has 1 saturated heterocycles. The van der Waals surface area contributed by atoms with Crippen LogP contribution in [0.15, 0.2) is 18.2 Å². The lowest BCUT2D eigenvalue weighted by atomic mass is 9.94. The van der Waals surface area contributed by atoms with Gasteiger partial charge in [-0.3, -0.25) is 0 Å². The number of hydrogen-bond acceptors (Lipinski definition) is 3. The maximum Gasteiger partial charge on any atom is 0.122 e. The summed E-state index contributed by atoms with van der Waals surface area (Å²) in [6, 6.07) is 6.78. The predicted molar refractivity (Wildman–Crippen MR) is 73.1 cm³/mol. The Kier molecular flexibility index (Phi) is 5.02. The van der Waals surface area contributed by atoms with Crippen LogP contribution in [0.3, 0.4) is 0 Å². The molecule has 0 bridgehead atoms. The van der Waals surface area contributed by atoms with Crippen molar-refractivity contribution in [1.82, 2.24) is 5.32 Å². The molecule has 0 saturated carbocycles. The molecule has 18 heavy (non-hydrogen) atoms. The van der Waals surface area contributed by atoms with Crippen LogP contribution >= 0.6 is 0 Å². The minimum Gasteiger partial charge on any atom is -0.496 e. The van der Waals surface area contributed by atoms with Crippen LogP contribution in [0, 0.1) is 0 Å². The number of rotatable bonds is 5. The average Bonchev–Trinajstić information content (AvgIpc) is 2.42. The van der Waals surface area contributed by atoms with E-state index in [1.165, 1.54) is 30.4 Å². The van der Waals surface area contributed by atoms with Gasteiger partial charge in [-0.1, -0.05) is 18.6 Å². The van der Waals surface area contributed by atoms with Crippen LogP contribution in [0.2, 0.25) is 0 Å². The molecule has 1 aliphatic rings. The van der Waals surface area contributed by atoms with E-state index in [1.54, 1.807) is 14.2 Å². The van der Waals surface area contributed by atoms with Crippen LogP contribution in [0.5, 0.6) is 5.75 Å². The van der Waals surface area contributed by atoms with Gasteiger partial charge in [-0.15, -0.1) is 0 Å². The first-order valence-electron chi connectivity index (χ1n) is 6.72. The van der Waals surface area contributed by atoms with E-state index >= 15 is 0 Å². The fraction of sp³-hybridized carbons (Fsp3) is 0.600. The lowest BCUT2D eigenvalue weighted by Crippen LogP contribution is -2.35. The van der Waals surface area contributed by atoms with Crippen molar-refractivity contribution in [2.75, 3.05) is 20.8 Å². The number of benzene rings is 1. The van der Waals surface area contributed by atoms with Gasteiger partial charge in [0.25, 0.3) is 0 Å². The molecule has 3 heteroatoms. The van der Waals surface area contributed by atoms with E-state index in [2.05, 4.69) is 11.4 Å². The molecule has 0 spiro atoms. The van der Waals surface area contributed by atoms with Crippen LogP contribution in [0.4, 0.5) is 0 Å². The van der Waals surface area contributed by atoms with Crippen molar-refractivity contribution < 1.29 is 9.47 Å². The zero-order chi connectivity index (χ0) is 12.8. The van der Waals surface area contributed by atoms with Crippen molar-refractivity contribution in [3.8, 4) is 5.75 Å². The smallest absolute Gasteiger partial charge is 0.122 e. The summed E-state index contributed by atoms with van der Waals surface area (Å²) >= 11 is 0. The van der Waals surface area contributed by atoms with Crippen molar-refractivity contribution in [3.05, 3.63) is 29.3 Å². The van der Waals surface area contributed by atoms with Crippen molar-refractivity contribution >= 4 is 0 Å². The lowest BCUT2D eigenvalue weighted by molar-refractivity contribution is 0.183. The molecule has 1 heterocycles. The Morgan fingerprint density at radius 2 is 2.17 bits per heavy atom. The Morgan fingerprint density at radius 3 is 2.83 bits per heavy atom. The molecule has 100 valence electrons. The van der Waals surface area contributed by atoms with Gasteiger partial charge in [0.05, 0.1) is 13.7 Å². The van der Waals surface area contributed by atoms with Crippen molar-refractivity contribution in [2.45, 2.75) is 38.3 Å². The van der Waals surface area contributed by atoms with E-state index in [-0.39, 0.29) is 0 Å². The Labute approximate surface area is 109 Å². The normalized spacial score (nSPS) is 19.8. The van der Waals surface area contributed by atoms with Gasteiger partial charge >= 0.3 is 0 Å². The summed E-state index contributed by atoms with van der Waals surface area (Å²) in [5.74, 6) is 0.983. The van der Waals surface area contributed by atoms with Gasteiger partial charge in [-0.2, -0.15) is 0 Å². The van der Waals surface area contributed by atoms with E-state index in [0.29, 0.717) is 12.6 Å². The maximum absolute atomic E-state index is 5.49. The van der Waals surface area contributed by atoms with Crippen molar-refractivity contribution in [3.63, 3.8) is 0 Å². The van der Waals surface area contributed by atoms with E-state index in [9.17, 15) is 0 Å². The third kappa shape index (κ3) is 3.24. The molecule has 1 unspecified atom stereocenters. The SMILES string of the molecule is COCc1cccc(OC)c1CC1CCCCN1. The largest absolute Gasteiger partial charge is 0.496 e. The van der Waals surface area contributed by atoms with E-state index in [1.807, 2.05) is 12.1 Å². The average molecular weight is 249 g/mol. The number of piperidine rings is 1. The highest BCUT2D eigenvalue weighted by Crippen LogP contribution is 2.26. The molecule has 1 atom stereocenters. The summed E-state index contributed by atoms with van der Waals surface area (Å²) in [6.07, 6.45) is 4.91. The molecule has 0 amide bonds. The Hall–Kier alpha value is -1.06. The minimum atomic E-state index is 0.575. The first-order valence-corrected chi connectivity index (χ1v) is 6.72. The van der Waals surface area contributed by atoms with Crippen LogP contribution < -0.4 is 10.1 Å². The Balaban J connectivity index is 2.16. The van der Waals surface area contributed by atoms with Gasteiger partial charge in [0.1, 0.15) is 5.75 Å². The van der Waals surface area contributed by atoms with E-state index in [4.69, 9.17) is 9.47 Å². The van der Waals surface area contributed by atoms with Crippen molar-refractivity contribution in [1.29, 1.82) is 0 Å². The van der Waals surface area contributed by atoms with Gasteiger partial charge in [-0.25, -0.2) is 0 Å². The van der Waals surface area contributed by atoms with E-state index in [0.717, 1.165) is 18.7 Å². The summed E-state index contributed by atoms with van der Waals surface area (Å²) in [4.78, 5) is 0. The molecule has 1 aromatic carbocycles. The number of ether oxygens (including phenoxy) is 2. The van der Waals surface area contributed by atoms with Crippen LogP contribution in [0.1, 0.15) is 30.4 Å². The highest BCUT2D eigenvalue weighted by molar-refractivity contribution is 5.40. The zero-order valence-electron chi connectivity index (χ0n) is 11.4. The summed E-state index contributed by atoms with van der Waals surface area (Å²) < 4.78 is 10.8. The fourth-order valence-electron chi connectivity index (χ4n) is 2.67. The second kappa shape index (κ2) is 6.76.